The van der Waals surface area contributed by atoms with Crippen molar-refractivity contribution in [3.05, 3.63) is 6.33 Å². The molecule has 1 atom stereocenters. The minimum atomic E-state index is -0.265. The molecule has 21 heavy (non-hydrogen) atoms. The lowest BCUT2D eigenvalue weighted by Crippen LogP contribution is -2.44. The first-order chi connectivity index (χ1) is 10.3. The van der Waals surface area contributed by atoms with Crippen LogP contribution in [0.2, 0.25) is 0 Å². The van der Waals surface area contributed by atoms with Gasteiger partial charge < -0.3 is 20.9 Å². The van der Waals surface area contributed by atoms with Crippen LogP contribution in [-0.2, 0) is 4.79 Å². The minimum Gasteiger partial charge on any atom is -0.356 e. The van der Waals surface area contributed by atoms with Crippen molar-refractivity contribution >= 4 is 28.8 Å². The summed E-state index contributed by atoms with van der Waals surface area (Å²) in [6.07, 6.45) is 4.32. The number of aromatic amines is 1. The summed E-state index contributed by atoms with van der Waals surface area (Å²) in [5, 5.41) is 9.21. The molecule has 8 nitrogen and oxygen atoms in total. The third kappa shape index (κ3) is 2.88. The maximum Gasteiger partial charge on any atom is 0.242 e. The summed E-state index contributed by atoms with van der Waals surface area (Å²) in [6.45, 7) is 3.61. The van der Waals surface area contributed by atoms with Gasteiger partial charge in [-0.15, -0.1) is 0 Å². The van der Waals surface area contributed by atoms with Crippen molar-refractivity contribution in [3.8, 4) is 0 Å². The number of amides is 1. The molecular formula is C13H19N7O. The number of carbonyl (C=O) groups excluding carboxylic acids is 1. The Morgan fingerprint density at radius 2 is 2.33 bits per heavy atom. The minimum absolute atomic E-state index is 0.00981. The van der Waals surface area contributed by atoms with Crippen LogP contribution in [0.25, 0.3) is 11.2 Å². The Morgan fingerprint density at radius 3 is 3.14 bits per heavy atom. The highest BCUT2D eigenvalue weighted by molar-refractivity contribution is 5.89. The van der Waals surface area contributed by atoms with Gasteiger partial charge in [-0.25, -0.2) is 4.98 Å². The Kier molecular flexibility index (Phi) is 3.85. The zero-order chi connectivity index (χ0) is 14.7. The van der Waals surface area contributed by atoms with Crippen LogP contribution in [0.5, 0.6) is 0 Å². The third-order valence-corrected chi connectivity index (χ3v) is 3.42. The van der Waals surface area contributed by atoms with E-state index in [1.807, 2.05) is 0 Å². The summed E-state index contributed by atoms with van der Waals surface area (Å²) in [5.74, 6) is 1.14. The number of hydrogen-bond donors (Lipinski definition) is 4. The molecule has 0 bridgehead atoms. The molecule has 3 heterocycles. The van der Waals surface area contributed by atoms with Gasteiger partial charge >= 0.3 is 0 Å². The Bertz CT molecular complexity index is 638. The van der Waals surface area contributed by atoms with Crippen LogP contribution in [-0.4, -0.2) is 45.0 Å². The molecule has 1 aliphatic heterocycles. The van der Waals surface area contributed by atoms with E-state index in [0.717, 1.165) is 37.9 Å². The van der Waals surface area contributed by atoms with Gasteiger partial charge in [-0.05, 0) is 19.3 Å². The second-order valence-electron chi connectivity index (χ2n) is 5.05. The van der Waals surface area contributed by atoms with E-state index in [1.54, 1.807) is 6.33 Å². The molecule has 3 rings (SSSR count). The zero-order valence-electron chi connectivity index (χ0n) is 11.9. The fraction of sp³-hybridized carbons (Fsp3) is 0.538. The van der Waals surface area contributed by atoms with Crippen LogP contribution in [0.3, 0.4) is 0 Å². The lowest BCUT2D eigenvalue weighted by atomic mass is 10.1. The van der Waals surface area contributed by atoms with Crippen LogP contribution < -0.4 is 16.0 Å². The van der Waals surface area contributed by atoms with Gasteiger partial charge in [0.25, 0.3) is 0 Å². The SMILES string of the molecule is CCCNc1nc(NC2CCCNC2=O)c2[nH]cnc2n1. The first kappa shape index (κ1) is 13.6. The molecule has 0 spiro atoms. The summed E-state index contributed by atoms with van der Waals surface area (Å²) < 4.78 is 0. The summed E-state index contributed by atoms with van der Waals surface area (Å²) in [6, 6.07) is -0.265. The summed E-state index contributed by atoms with van der Waals surface area (Å²) in [4.78, 5) is 27.9. The van der Waals surface area contributed by atoms with Crippen molar-refractivity contribution in [2.75, 3.05) is 23.7 Å². The summed E-state index contributed by atoms with van der Waals surface area (Å²) in [5.41, 5.74) is 1.30. The van der Waals surface area contributed by atoms with Crippen molar-refractivity contribution in [2.45, 2.75) is 32.2 Å². The van der Waals surface area contributed by atoms with E-state index >= 15 is 0 Å². The number of nitrogens with one attached hydrogen (secondary N) is 4. The fourth-order valence-electron chi connectivity index (χ4n) is 2.33. The van der Waals surface area contributed by atoms with Crippen LogP contribution in [0.1, 0.15) is 26.2 Å². The third-order valence-electron chi connectivity index (χ3n) is 3.42. The molecule has 8 heteroatoms. The van der Waals surface area contributed by atoms with Crippen molar-refractivity contribution in [1.82, 2.24) is 25.3 Å². The Balaban J connectivity index is 1.88. The van der Waals surface area contributed by atoms with Gasteiger partial charge in [0.2, 0.25) is 11.9 Å². The molecule has 0 aromatic carbocycles. The predicted octanol–water partition coefficient (Wildman–Crippen LogP) is 0.865. The molecular weight excluding hydrogens is 270 g/mol. The van der Waals surface area contributed by atoms with E-state index < -0.39 is 0 Å². The monoisotopic (exact) mass is 289 g/mol. The molecule has 1 saturated heterocycles. The molecule has 1 unspecified atom stereocenters. The molecule has 0 radical (unpaired) electrons. The lowest BCUT2D eigenvalue weighted by molar-refractivity contribution is -0.123. The van der Waals surface area contributed by atoms with E-state index in [0.29, 0.717) is 17.4 Å². The molecule has 2 aromatic heterocycles. The molecule has 0 saturated carbocycles. The molecule has 0 aliphatic carbocycles. The van der Waals surface area contributed by atoms with E-state index in [-0.39, 0.29) is 11.9 Å². The smallest absolute Gasteiger partial charge is 0.242 e. The van der Waals surface area contributed by atoms with Crippen molar-refractivity contribution < 1.29 is 4.79 Å². The first-order valence-corrected chi connectivity index (χ1v) is 7.27. The maximum atomic E-state index is 11.9. The summed E-state index contributed by atoms with van der Waals surface area (Å²) in [7, 11) is 0. The standard InChI is InChI=1S/C13H19N7O/c1-2-5-15-13-19-10-9(16-7-17-10)11(20-13)18-8-4-3-6-14-12(8)21/h7-8H,2-6H2,1H3,(H,14,21)(H3,15,16,17,18,19,20). The van der Waals surface area contributed by atoms with Gasteiger partial charge in [-0.2, -0.15) is 9.97 Å². The number of piperidine rings is 1. The van der Waals surface area contributed by atoms with Gasteiger partial charge in [-0.1, -0.05) is 6.92 Å². The largest absolute Gasteiger partial charge is 0.356 e. The second kappa shape index (κ2) is 5.94. The quantitative estimate of drug-likeness (QED) is 0.650. The average molecular weight is 289 g/mol. The molecule has 1 aliphatic rings. The van der Waals surface area contributed by atoms with Gasteiger partial charge in [0, 0.05) is 13.1 Å². The highest BCUT2D eigenvalue weighted by Crippen LogP contribution is 2.21. The number of fused-ring (bicyclic) bond motifs is 1. The normalized spacial score (nSPS) is 18.5. The topological polar surface area (TPSA) is 108 Å². The molecule has 2 aromatic rings. The Labute approximate surface area is 122 Å². The zero-order valence-corrected chi connectivity index (χ0v) is 11.9. The number of imidazole rings is 1. The van der Waals surface area contributed by atoms with Gasteiger partial charge in [0.1, 0.15) is 11.6 Å². The number of nitrogens with zero attached hydrogens (tertiary/aromatic N) is 3. The number of hydrogen-bond acceptors (Lipinski definition) is 6. The fourth-order valence-corrected chi connectivity index (χ4v) is 2.33. The Morgan fingerprint density at radius 1 is 1.43 bits per heavy atom. The lowest BCUT2D eigenvalue weighted by Gasteiger charge is -2.23. The summed E-state index contributed by atoms with van der Waals surface area (Å²) >= 11 is 0. The van der Waals surface area contributed by atoms with Crippen LogP contribution in [0, 0.1) is 0 Å². The molecule has 1 fully saturated rings. The van der Waals surface area contributed by atoms with Crippen molar-refractivity contribution in [3.63, 3.8) is 0 Å². The highest BCUT2D eigenvalue weighted by Gasteiger charge is 2.23. The van der Waals surface area contributed by atoms with Crippen molar-refractivity contribution in [2.24, 2.45) is 0 Å². The first-order valence-electron chi connectivity index (χ1n) is 7.27. The number of rotatable bonds is 5. The number of anilines is 2. The maximum absolute atomic E-state index is 11.9. The number of aromatic nitrogens is 4. The number of carbonyl (C=O) groups is 1. The van der Waals surface area contributed by atoms with E-state index in [4.69, 9.17) is 0 Å². The average Bonchev–Trinajstić information content (AvgIpc) is 2.96. The Hall–Kier alpha value is -2.38. The van der Waals surface area contributed by atoms with E-state index in [1.165, 1.54) is 0 Å². The highest BCUT2D eigenvalue weighted by atomic mass is 16.2. The van der Waals surface area contributed by atoms with Crippen molar-refractivity contribution in [1.29, 1.82) is 0 Å². The number of H-pyrrole nitrogens is 1. The predicted molar refractivity (Wildman–Crippen MR) is 80.1 cm³/mol. The van der Waals surface area contributed by atoms with Crippen LogP contribution >= 0.6 is 0 Å². The molecule has 1 amide bonds. The molecule has 112 valence electrons. The second-order valence-corrected chi connectivity index (χ2v) is 5.05. The van der Waals surface area contributed by atoms with Gasteiger partial charge in [-0.3, -0.25) is 4.79 Å². The van der Waals surface area contributed by atoms with Gasteiger partial charge in [0.15, 0.2) is 11.5 Å². The van der Waals surface area contributed by atoms with Gasteiger partial charge in [0.05, 0.1) is 6.33 Å². The molecule has 4 N–H and O–H groups in total. The van der Waals surface area contributed by atoms with E-state index in [2.05, 4.69) is 42.8 Å². The van der Waals surface area contributed by atoms with E-state index in [9.17, 15) is 4.79 Å². The van der Waals surface area contributed by atoms with Crippen LogP contribution in [0.4, 0.5) is 11.8 Å². The van der Waals surface area contributed by atoms with Crippen LogP contribution in [0.15, 0.2) is 6.33 Å².